The van der Waals surface area contributed by atoms with Crippen LogP contribution in [0.5, 0.6) is 11.5 Å². The third-order valence-corrected chi connectivity index (χ3v) is 5.18. The molecule has 2 aromatic carbocycles. The highest BCUT2D eigenvalue weighted by molar-refractivity contribution is 5.94. The molecule has 150 valence electrons. The zero-order valence-electron chi connectivity index (χ0n) is 17.1. The molecule has 0 atom stereocenters. The molecule has 0 N–H and O–H groups in total. The van der Waals surface area contributed by atoms with Crippen LogP contribution in [0.3, 0.4) is 0 Å². The first-order valence-electron chi connectivity index (χ1n) is 10.1. The fourth-order valence-corrected chi connectivity index (χ4v) is 3.43. The first-order valence-corrected chi connectivity index (χ1v) is 10.1. The SMILES string of the molecule is CCN(CC)Cc1ccc(C(=O)N(CC)Cc2cccc3c2OCCO3)cc1. The van der Waals surface area contributed by atoms with Crippen molar-refractivity contribution in [1.82, 2.24) is 9.80 Å². The lowest BCUT2D eigenvalue weighted by atomic mass is 10.1. The second kappa shape index (κ2) is 9.60. The van der Waals surface area contributed by atoms with Crippen LogP contribution in [-0.4, -0.2) is 48.6 Å². The third-order valence-electron chi connectivity index (χ3n) is 5.18. The number of carbonyl (C=O) groups excluding carboxylic acids is 1. The van der Waals surface area contributed by atoms with E-state index in [2.05, 4.69) is 30.9 Å². The van der Waals surface area contributed by atoms with Crippen molar-refractivity contribution in [2.24, 2.45) is 0 Å². The van der Waals surface area contributed by atoms with Gasteiger partial charge in [0.15, 0.2) is 11.5 Å². The summed E-state index contributed by atoms with van der Waals surface area (Å²) in [7, 11) is 0. The standard InChI is InChI=1S/C23H30N2O3/c1-4-24(5-2)16-18-10-12-19(13-11-18)23(26)25(6-3)17-20-8-7-9-21-22(20)28-15-14-27-21/h7-13H,4-6,14-17H2,1-3H3. The molecule has 1 heterocycles. The summed E-state index contributed by atoms with van der Waals surface area (Å²) in [6.07, 6.45) is 0. The molecule has 1 aliphatic rings. The smallest absolute Gasteiger partial charge is 0.254 e. The van der Waals surface area contributed by atoms with Gasteiger partial charge < -0.3 is 14.4 Å². The van der Waals surface area contributed by atoms with Crippen LogP contribution in [-0.2, 0) is 13.1 Å². The van der Waals surface area contributed by atoms with E-state index in [1.54, 1.807) is 0 Å². The first kappa shape index (κ1) is 20.2. The number of hydrogen-bond acceptors (Lipinski definition) is 4. The van der Waals surface area contributed by atoms with Gasteiger partial charge in [-0.05, 0) is 43.8 Å². The summed E-state index contributed by atoms with van der Waals surface area (Å²) >= 11 is 0. The van der Waals surface area contributed by atoms with E-state index in [0.29, 0.717) is 31.9 Å². The molecule has 0 spiro atoms. The summed E-state index contributed by atoms with van der Waals surface area (Å²) in [4.78, 5) is 17.2. The highest BCUT2D eigenvalue weighted by Gasteiger charge is 2.20. The van der Waals surface area contributed by atoms with Gasteiger partial charge in [0.1, 0.15) is 13.2 Å². The van der Waals surface area contributed by atoms with Gasteiger partial charge in [-0.25, -0.2) is 0 Å². The predicted molar refractivity (Wildman–Crippen MR) is 111 cm³/mol. The Kier molecular flexibility index (Phi) is 6.93. The molecule has 0 bridgehead atoms. The van der Waals surface area contributed by atoms with Gasteiger partial charge in [-0.1, -0.05) is 38.1 Å². The summed E-state index contributed by atoms with van der Waals surface area (Å²) in [5.74, 6) is 1.55. The van der Waals surface area contributed by atoms with Crippen molar-refractivity contribution in [3.63, 3.8) is 0 Å². The van der Waals surface area contributed by atoms with Gasteiger partial charge in [0.25, 0.3) is 5.91 Å². The van der Waals surface area contributed by atoms with Crippen LogP contribution >= 0.6 is 0 Å². The van der Waals surface area contributed by atoms with Crippen LogP contribution < -0.4 is 9.47 Å². The van der Waals surface area contributed by atoms with E-state index in [1.165, 1.54) is 5.56 Å². The van der Waals surface area contributed by atoms with E-state index in [0.717, 1.165) is 36.7 Å². The Morgan fingerprint density at radius 3 is 2.29 bits per heavy atom. The summed E-state index contributed by atoms with van der Waals surface area (Å²) < 4.78 is 11.4. The van der Waals surface area contributed by atoms with Gasteiger partial charge in [-0.3, -0.25) is 9.69 Å². The number of fused-ring (bicyclic) bond motifs is 1. The van der Waals surface area contributed by atoms with Crippen LogP contribution in [0.2, 0.25) is 0 Å². The molecule has 0 saturated heterocycles. The molecule has 0 aliphatic carbocycles. The van der Waals surface area contributed by atoms with Crippen molar-refractivity contribution in [3.05, 3.63) is 59.2 Å². The van der Waals surface area contributed by atoms with Crippen molar-refractivity contribution < 1.29 is 14.3 Å². The minimum Gasteiger partial charge on any atom is -0.486 e. The fraction of sp³-hybridized carbons (Fsp3) is 0.435. The second-order valence-electron chi connectivity index (χ2n) is 6.92. The lowest BCUT2D eigenvalue weighted by molar-refractivity contribution is 0.0749. The molecule has 0 fully saturated rings. The molecule has 3 rings (SSSR count). The van der Waals surface area contributed by atoms with E-state index in [-0.39, 0.29) is 5.91 Å². The van der Waals surface area contributed by atoms with Crippen molar-refractivity contribution in [3.8, 4) is 11.5 Å². The topological polar surface area (TPSA) is 42.0 Å². The van der Waals surface area contributed by atoms with Crippen LogP contribution in [0.4, 0.5) is 0 Å². The normalized spacial score (nSPS) is 12.9. The van der Waals surface area contributed by atoms with Gasteiger partial charge in [-0.2, -0.15) is 0 Å². The number of rotatable bonds is 8. The van der Waals surface area contributed by atoms with E-state index < -0.39 is 0 Å². The summed E-state index contributed by atoms with van der Waals surface area (Å²) in [5, 5.41) is 0. The highest BCUT2D eigenvalue weighted by atomic mass is 16.6. The van der Waals surface area contributed by atoms with Crippen molar-refractivity contribution in [2.75, 3.05) is 32.8 Å². The summed E-state index contributed by atoms with van der Waals surface area (Å²) in [6, 6.07) is 13.8. The molecule has 0 aromatic heterocycles. The van der Waals surface area contributed by atoms with Crippen molar-refractivity contribution >= 4 is 5.91 Å². The van der Waals surface area contributed by atoms with Crippen LogP contribution in [0.15, 0.2) is 42.5 Å². The van der Waals surface area contributed by atoms with Gasteiger partial charge in [-0.15, -0.1) is 0 Å². The van der Waals surface area contributed by atoms with Crippen molar-refractivity contribution in [2.45, 2.75) is 33.9 Å². The molecule has 28 heavy (non-hydrogen) atoms. The Balaban J connectivity index is 1.72. The Morgan fingerprint density at radius 1 is 0.893 bits per heavy atom. The van der Waals surface area contributed by atoms with E-state index in [1.807, 2.05) is 42.2 Å². The minimum atomic E-state index is 0.0335. The Labute approximate surface area is 167 Å². The predicted octanol–water partition coefficient (Wildman–Crippen LogP) is 3.96. The van der Waals surface area contributed by atoms with Gasteiger partial charge >= 0.3 is 0 Å². The lowest BCUT2D eigenvalue weighted by Crippen LogP contribution is -2.31. The van der Waals surface area contributed by atoms with Gasteiger partial charge in [0.05, 0.1) is 0 Å². The number of ether oxygens (including phenoxy) is 2. The van der Waals surface area contributed by atoms with Gasteiger partial charge in [0.2, 0.25) is 0 Å². The lowest BCUT2D eigenvalue weighted by Gasteiger charge is -2.25. The van der Waals surface area contributed by atoms with E-state index in [9.17, 15) is 4.79 Å². The molecular weight excluding hydrogens is 352 g/mol. The quantitative estimate of drug-likeness (QED) is 0.693. The minimum absolute atomic E-state index is 0.0335. The average molecular weight is 383 g/mol. The average Bonchev–Trinajstić information content (AvgIpc) is 2.75. The summed E-state index contributed by atoms with van der Waals surface area (Å²) in [6.45, 7) is 11.5. The molecule has 2 aromatic rings. The number of hydrogen-bond donors (Lipinski definition) is 0. The maximum absolute atomic E-state index is 13.0. The monoisotopic (exact) mass is 382 g/mol. The van der Waals surface area contributed by atoms with Crippen LogP contribution in [0, 0.1) is 0 Å². The Hall–Kier alpha value is -2.53. The zero-order valence-corrected chi connectivity index (χ0v) is 17.1. The largest absolute Gasteiger partial charge is 0.486 e. The van der Waals surface area contributed by atoms with Gasteiger partial charge in [0, 0.05) is 30.8 Å². The molecule has 1 aliphatic heterocycles. The second-order valence-corrected chi connectivity index (χ2v) is 6.92. The Bertz CT molecular complexity index is 785. The molecule has 0 radical (unpaired) electrons. The Morgan fingerprint density at radius 2 is 1.61 bits per heavy atom. The summed E-state index contributed by atoms with van der Waals surface area (Å²) in [5.41, 5.74) is 2.92. The maximum Gasteiger partial charge on any atom is 0.254 e. The van der Waals surface area contributed by atoms with Crippen LogP contribution in [0.25, 0.3) is 0 Å². The number of nitrogens with zero attached hydrogens (tertiary/aromatic N) is 2. The molecular formula is C23H30N2O3. The molecule has 1 amide bonds. The van der Waals surface area contributed by atoms with E-state index in [4.69, 9.17) is 9.47 Å². The first-order chi connectivity index (χ1) is 13.7. The van der Waals surface area contributed by atoms with Crippen molar-refractivity contribution in [1.29, 1.82) is 0 Å². The van der Waals surface area contributed by atoms with Crippen LogP contribution in [0.1, 0.15) is 42.3 Å². The zero-order chi connectivity index (χ0) is 19.9. The number of amides is 1. The number of benzene rings is 2. The number of carbonyl (C=O) groups is 1. The maximum atomic E-state index is 13.0. The third kappa shape index (κ3) is 4.65. The molecule has 0 unspecified atom stereocenters. The molecule has 5 nitrogen and oxygen atoms in total. The fourth-order valence-electron chi connectivity index (χ4n) is 3.43. The molecule has 5 heteroatoms. The van der Waals surface area contributed by atoms with E-state index >= 15 is 0 Å². The molecule has 0 saturated carbocycles. The number of para-hydroxylation sites is 1. The highest BCUT2D eigenvalue weighted by Crippen LogP contribution is 2.34.